The summed E-state index contributed by atoms with van der Waals surface area (Å²) >= 11 is 0. The Labute approximate surface area is 94.1 Å². The first-order chi connectivity index (χ1) is 7.81. The standard InChI is InChI=1S/C13H12N2O/c1-14-12-6-2-4-10(8-12)13(16)11-5-3-7-15-9-11/h2-9,14H,1H3. The Kier molecular flexibility index (Phi) is 2.96. The van der Waals surface area contributed by atoms with Gasteiger partial charge in [-0.3, -0.25) is 9.78 Å². The van der Waals surface area contributed by atoms with Crippen LogP contribution in [0.1, 0.15) is 15.9 Å². The number of pyridine rings is 1. The largest absolute Gasteiger partial charge is 0.388 e. The first-order valence-electron chi connectivity index (χ1n) is 5.04. The van der Waals surface area contributed by atoms with Crippen LogP contribution in [0.4, 0.5) is 5.69 Å². The molecule has 3 nitrogen and oxygen atoms in total. The smallest absolute Gasteiger partial charge is 0.194 e. The van der Waals surface area contributed by atoms with Crippen LogP contribution >= 0.6 is 0 Å². The molecule has 0 amide bonds. The SMILES string of the molecule is CNc1cccc(C(=O)c2cccnc2)c1. The second kappa shape index (κ2) is 4.57. The van der Waals surface area contributed by atoms with Gasteiger partial charge in [-0.25, -0.2) is 0 Å². The summed E-state index contributed by atoms with van der Waals surface area (Å²) in [5.41, 5.74) is 2.20. The minimum absolute atomic E-state index is 0.00907. The van der Waals surface area contributed by atoms with Gasteiger partial charge in [-0.15, -0.1) is 0 Å². The van der Waals surface area contributed by atoms with E-state index in [9.17, 15) is 4.79 Å². The van der Waals surface area contributed by atoms with Crippen LogP contribution in [-0.4, -0.2) is 17.8 Å². The summed E-state index contributed by atoms with van der Waals surface area (Å²) in [4.78, 5) is 16.0. The fraction of sp³-hybridized carbons (Fsp3) is 0.0769. The molecule has 1 aromatic heterocycles. The molecule has 1 N–H and O–H groups in total. The minimum atomic E-state index is -0.00907. The molecule has 0 saturated heterocycles. The number of nitrogens with one attached hydrogen (secondary N) is 1. The van der Waals surface area contributed by atoms with E-state index in [2.05, 4.69) is 10.3 Å². The normalized spacial score (nSPS) is 9.81. The molecule has 2 rings (SSSR count). The number of hydrogen-bond acceptors (Lipinski definition) is 3. The van der Waals surface area contributed by atoms with Crippen molar-refractivity contribution < 1.29 is 4.79 Å². The van der Waals surface area contributed by atoms with Crippen LogP contribution < -0.4 is 5.32 Å². The van der Waals surface area contributed by atoms with E-state index < -0.39 is 0 Å². The summed E-state index contributed by atoms with van der Waals surface area (Å²) in [5.74, 6) is -0.00907. The van der Waals surface area contributed by atoms with Crippen molar-refractivity contribution in [2.24, 2.45) is 0 Å². The monoisotopic (exact) mass is 212 g/mol. The Morgan fingerprint density at radius 2 is 2.00 bits per heavy atom. The van der Waals surface area contributed by atoms with E-state index >= 15 is 0 Å². The van der Waals surface area contributed by atoms with Gasteiger partial charge in [0.25, 0.3) is 0 Å². The minimum Gasteiger partial charge on any atom is -0.388 e. The molecule has 80 valence electrons. The van der Waals surface area contributed by atoms with E-state index in [1.54, 1.807) is 30.6 Å². The highest BCUT2D eigenvalue weighted by Crippen LogP contribution is 2.13. The van der Waals surface area contributed by atoms with Gasteiger partial charge in [0.1, 0.15) is 0 Å². The highest BCUT2D eigenvalue weighted by Gasteiger charge is 2.08. The van der Waals surface area contributed by atoms with Crippen LogP contribution in [0.5, 0.6) is 0 Å². The number of rotatable bonds is 3. The summed E-state index contributed by atoms with van der Waals surface area (Å²) in [7, 11) is 1.83. The first kappa shape index (κ1) is 10.4. The van der Waals surface area contributed by atoms with Gasteiger partial charge < -0.3 is 5.32 Å². The van der Waals surface area contributed by atoms with Crippen molar-refractivity contribution >= 4 is 11.5 Å². The summed E-state index contributed by atoms with van der Waals surface area (Å²) in [6, 6.07) is 10.9. The van der Waals surface area contributed by atoms with Gasteiger partial charge >= 0.3 is 0 Å². The average molecular weight is 212 g/mol. The van der Waals surface area contributed by atoms with E-state index in [0.29, 0.717) is 11.1 Å². The Hall–Kier alpha value is -2.16. The van der Waals surface area contributed by atoms with Crippen molar-refractivity contribution in [3.05, 3.63) is 59.9 Å². The predicted octanol–water partition coefficient (Wildman–Crippen LogP) is 2.35. The molecular weight excluding hydrogens is 200 g/mol. The molecule has 0 aliphatic rings. The third-order valence-electron chi connectivity index (χ3n) is 2.34. The van der Waals surface area contributed by atoms with E-state index in [0.717, 1.165) is 5.69 Å². The van der Waals surface area contributed by atoms with Crippen LogP contribution in [0.3, 0.4) is 0 Å². The fourth-order valence-electron chi connectivity index (χ4n) is 1.48. The van der Waals surface area contributed by atoms with Crippen LogP contribution in [-0.2, 0) is 0 Å². The number of ketones is 1. The molecule has 0 fully saturated rings. The van der Waals surface area contributed by atoms with Crippen molar-refractivity contribution in [3.8, 4) is 0 Å². The second-order valence-corrected chi connectivity index (χ2v) is 3.40. The number of benzene rings is 1. The number of aromatic nitrogens is 1. The van der Waals surface area contributed by atoms with Gasteiger partial charge in [0.2, 0.25) is 0 Å². The molecule has 16 heavy (non-hydrogen) atoms. The van der Waals surface area contributed by atoms with Gasteiger partial charge in [0.15, 0.2) is 5.78 Å². The average Bonchev–Trinajstić information content (AvgIpc) is 2.39. The maximum absolute atomic E-state index is 12.0. The third-order valence-corrected chi connectivity index (χ3v) is 2.34. The molecule has 0 spiro atoms. The number of nitrogens with zero attached hydrogens (tertiary/aromatic N) is 1. The molecular formula is C13H12N2O. The molecule has 1 aromatic carbocycles. The number of carbonyl (C=O) groups is 1. The number of anilines is 1. The maximum atomic E-state index is 12.0. The van der Waals surface area contributed by atoms with E-state index in [1.165, 1.54) is 0 Å². The highest BCUT2D eigenvalue weighted by molar-refractivity contribution is 6.09. The maximum Gasteiger partial charge on any atom is 0.194 e. The molecule has 0 aliphatic carbocycles. The zero-order valence-electron chi connectivity index (χ0n) is 8.97. The van der Waals surface area contributed by atoms with Crippen molar-refractivity contribution in [2.45, 2.75) is 0 Å². The molecule has 0 unspecified atom stereocenters. The van der Waals surface area contributed by atoms with Crippen LogP contribution in [0.25, 0.3) is 0 Å². The van der Waals surface area contributed by atoms with E-state index in [-0.39, 0.29) is 5.78 Å². The molecule has 0 aliphatic heterocycles. The van der Waals surface area contributed by atoms with Gasteiger partial charge in [-0.05, 0) is 24.3 Å². The van der Waals surface area contributed by atoms with Crippen LogP contribution in [0.2, 0.25) is 0 Å². The lowest BCUT2D eigenvalue weighted by atomic mass is 10.0. The molecule has 3 heteroatoms. The lowest BCUT2D eigenvalue weighted by molar-refractivity contribution is 0.103. The molecule has 1 heterocycles. The van der Waals surface area contributed by atoms with Crippen molar-refractivity contribution in [1.29, 1.82) is 0 Å². The Balaban J connectivity index is 2.34. The second-order valence-electron chi connectivity index (χ2n) is 3.40. The van der Waals surface area contributed by atoms with Crippen LogP contribution in [0.15, 0.2) is 48.8 Å². The molecule has 0 saturated carbocycles. The number of hydrogen-bond donors (Lipinski definition) is 1. The van der Waals surface area contributed by atoms with E-state index in [1.807, 2.05) is 25.2 Å². The molecule has 0 bridgehead atoms. The van der Waals surface area contributed by atoms with E-state index in [4.69, 9.17) is 0 Å². The predicted molar refractivity (Wildman–Crippen MR) is 63.7 cm³/mol. The molecule has 0 atom stereocenters. The Morgan fingerprint density at radius 3 is 2.69 bits per heavy atom. The molecule has 0 radical (unpaired) electrons. The zero-order valence-corrected chi connectivity index (χ0v) is 8.97. The van der Waals surface area contributed by atoms with Crippen LogP contribution in [0, 0.1) is 0 Å². The summed E-state index contributed by atoms with van der Waals surface area (Å²) in [5, 5.41) is 3.01. The topological polar surface area (TPSA) is 42.0 Å². The summed E-state index contributed by atoms with van der Waals surface area (Å²) in [6.07, 6.45) is 3.23. The van der Waals surface area contributed by atoms with Gasteiger partial charge in [-0.1, -0.05) is 12.1 Å². The fourth-order valence-corrected chi connectivity index (χ4v) is 1.48. The van der Waals surface area contributed by atoms with Gasteiger partial charge in [0.05, 0.1) is 0 Å². The van der Waals surface area contributed by atoms with Gasteiger partial charge in [-0.2, -0.15) is 0 Å². The van der Waals surface area contributed by atoms with Crippen molar-refractivity contribution in [1.82, 2.24) is 4.98 Å². The summed E-state index contributed by atoms with van der Waals surface area (Å²) < 4.78 is 0. The highest BCUT2D eigenvalue weighted by atomic mass is 16.1. The Morgan fingerprint density at radius 1 is 1.19 bits per heavy atom. The first-order valence-corrected chi connectivity index (χ1v) is 5.04. The Bertz CT molecular complexity index is 494. The molecule has 2 aromatic rings. The zero-order chi connectivity index (χ0) is 11.4. The quantitative estimate of drug-likeness (QED) is 0.794. The third kappa shape index (κ3) is 2.08. The summed E-state index contributed by atoms with van der Waals surface area (Å²) in [6.45, 7) is 0. The van der Waals surface area contributed by atoms with Gasteiger partial charge in [0, 0.05) is 36.3 Å². The van der Waals surface area contributed by atoms with Crippen molar-refractivity contribution in [3.63, 3.8) is 0 Å². The van der Waals surface area contributed by atoms with Crippen molar-refractivity contribution in [2.75, 3.05) is 12.4 Å². The number of carbonyl (C=O) groups excluding carboxylic acids is 1. The lowest BCUT2D eigenvalue weighted by Crippen LogP contribution is -2.02. The lowest BCUT2D eigenvalue weighted by Gasteiger charge is -2.03.